The zero-order valence-electron chi connectivity index (χ0n) is 11.1. The minimum absolute atomic E-state index is 0.645. The quantitative estimate of drug-likeness (QED) is 0.817. The average Bonchev–Trinajstić information content (AvgIpc) is 2.70. The van der Waals surface area contributed by atoms with Crippen molar-refractivity contribution in [2.45, 2.75) is 52.7 Å². The van der Waals surface area contributed by atoms with Crippen molar-refractivity contribution >= 4 is 11.3 Å². The lowest BCUT2D eigenvalue weighted by atomic mass is 10.1. The van der Waals surface area contributed by atoms with E-state index in [2.05, 4.69) is 31.0 Å². The van der Waals surface area contributed by atoms with E-state index < -0.39 is 0 Å². The third-order valence-corrected chi connectivity index (χ3v) is 4.32. The van der Waals surface area contributed by atoms with Crippen molar-refractivity contribution < 1.29 is 0 Å². The molecule has 0 aliphatic carbocycles. The standard InChI is InChI=1S/C13H23N3S/c1-4-6-14-8-13-15-11-5-7-16(10(2)3)9-12(11)17-13/h10,14H,4-9H2,1-3H3. The van der Waals surface area contributed by atoms with E-state index in [1.165, 1.54) is 22.0 Å². The first-order chi connectivity index (χ1) is 8.20. The lowest BCUT2D eigenvalue weighted by Crippen LogP contribution is -2.35. The minimum atomic E-state index is 0.645. The predicted octanol–water partition coefficient (Wildman–Crippen LogP) is 2.41. The van der Waals surface area contributed by atoms with Crippen molar-refractivity contribution in [3.63, 3.8) is 0 Å². The fraction of sp³-hybridized carbons (Fsp3) is 0.769. The van der Waals surface area contributed by atoms with Crippen LogP contribution in [0.15, 0.2) is 0 Å². The number of fused-ring (bicyclic) bond motifs is 1. The van der Waals surface area contributed by atoms with Crippen molar-refractivity contribution in [3.05, 3.63) is 15.6 Å². The Morgan fingerprint density at radius 3 is 3.00 bits per heavy atom. The van der Waals surface area contributed by atoms with E-state index in [9.17, 15) is 0 Å². The van der Waals surface area contributed by atoms with Gasteiger partial charge < -0.3 is 5.32 Å². The van der Waals surface area contributed by atoms with Crippen LogP contribution in [0.4, 0.5) is 0 Å². The Morgan fingerprint density at radius 1 is 1.47 bits per heavy atom. The van der Waals surface area contributed by atoms with Crippen molar-refractivity contribution in [1.29, 1.82) is 0 Å². The molecule has 0 atom stereocenters. The van der Waals surface area contributed by atoms with E-state index in [0.717, 1.165) is 32.6 Å². The summed E-state index contributed by atoms with van der Waals surface area (Å²) in [5.74, 6) is 0. The second-order valence-electron chi connectivity index (χ2n) is 4.97. The Hall–Kier alpha value is -0.450. The van der Waals surface area contributed by atoms with Gasteiger partial charge in [0.25, 0.3) is 0 Å². The molecule has 2 rings (SSSR count). The summed E-state index contributed by atoms with van der Waals surface area (Å²) in [5, 5.41) is 4.69. The molecule has 0 bridgehead atoms. The molecule has 2 heterocycles. The van der Waals surface area contributed by atoms with Crippen LogP contribution in [0, 0.1) is 0 Å². The van der Waals surface area contributed by atoms with E-state index in [4.69, 9.17) is 4.98 Å². The van der Waals surface area contributed by atoms with Gasteiger partial charge in [0, 0.05) is 37.0 Å². The van der Waals surface area contributed by atoms with Gasteiger partial charge in [-0.2, -0.15) is 0 Å². The second kappa shape index (κ2) is 5.94. The molecule has 0 amide bonds. The molecule has 1 aromatic heterocycles. The lowest BCUT2D eigenvalue weighted by Gasteiger charge is -2.29. The number of hydrogen-bond acceptors (Lipinski definition) is 4. The Kier molecular flexibility index (Phi) is 4.54. The maximum Gasteiger partial charge on any atom is 0.107 e. The fourth-order valence-corrected chi connectivity index (χ4v) is 3.27. The molecule has 1 aliphatic heterocycles. The van der Waals surface area contributed by atoms with Crippen molar-refractivity contribution in [1.82, 2.24) is 15.2 Å². The van der Waals surface area contributed by atoms with Crippen LogP contribution in [0.1, 0.15) is 42.8 Å². The summed E-state index contributed by atoms with van der Waals surface area (Å²) < 4.78 is 0. The van der Waals surface area contributed by atoms with Gasteiger partial charge in [-0.1, -0.05) is 6.92 Å². The van der Waals surface area contributed by atoms with Gasteiger partial charge in [-0.25, -0.2) is 4.98 Å². The number of rotatable bonds is 5. The Balaban J connectivity index is 1.97. The first kappa shape index (κ1) is 13.0. The summed E-state index contributed by atoms with van der Waals surface area (Å²) in [6.45, 7) is 11.0. The van der Waals surface area contributed by atoms with Crippen LogP contribution in [0.25, 0.3) is 0 Å². The topological polar surface area (TPSA) is 28.2 Å². The van der Waals surface area contributed by atoms with E-state index in [0.29, 0.717) is 6.04 Å². The third kappa shape index (κ3) is 3.27. The van der Waals surface area contributed by atoms with Crippen LogP contribution in [-0.2, 0) is 19.5 Å². The zero-order chi connectivity index (χ0) is 12.3. The lowest BCUT2D eigenvalue weighted by molar-refractivity contribution is 0.205. The molecular formula is C13H23N3S. The molecule has 0 saturated carbocycles. The summed E-state index contributed by atoms with van der Waals surface area (Å²) >= 11 is 1.89. The van der Waals surface area contributed by atoms with E-state index in [-0.39, 0.29) is 0 Å². The molecule has 3 nitrogen and oxygen atoms in total. The largest absolute Gasteiger partial charge is 0.310 e. The van der Waals surface area contributed by atoms with Gasteiger partial charge in [-0.15, -0.1) is 11.3 Å². The van der Waals surface area contributed by atoms with Crippen LogP contribution in [0.5, 0.6) is 0 Å². The molecular weight excluding hydrogens is 230 g/mol. The van der Waals surface area contributed by atoms with Gasteiger partial charge in [-0.05, 0) is 26.8 Å². The van der Waals surface area contributed by atoms with Gasteiger partial charge in [0.1, 0.15) is 5.01 Å². The predicted molar refractivity (Wildman–Crippen MR) is 73.4 cm³/mol. The SMILES string of the molecule is CCCNCc1nc2c(s1)CN(C(C)C)CC2. The van der Waals surface area contributed by atoms with E-state index in [1.807, 2.05) is 11.3 Å². The molecule has 0 spiro atoms. The van der Waals surface area contributed by atoms with Gasteiger partial charge in [-0.3, -0.25) is 4.90 Å². The molecule has 4 heteroatoms. The Bertz CT molecular complexity index is 360. The molecule has 96 valence electrons. The normalized spacial score (nSPS) is 16.5. The summed E-state index contributed by atoms with van der Waals surface area (Å²) in [4.78, 5) is 8.76. The molecule has 1 aromatic rings. The molecule has 1 N–H and O–H groups in total. The first-order valence-corrected chi connectivity index (χ1v) is 7.44. The van der Waals surface area contributed by atoms with Crippen molar-refractivity contribution in [2.75, 3.05) is 13.1 Å². The molecule has 17 heavy (non-hydrogen) atoms. The fourth-order valence-electron chi connectivity index (χ4n) is 2.16. The number of nitrogens with one attached hydrogen (secondary N) is 1. The highest BCUT2D eigenvalue weighted by atomic mass is 32.1. The van der Waals surface area contributed by atoms with Gasteiger partial charge >= 0.3 is 0 Å². The van der Waals surface area contributed by atoms with Gasteiger partial charge in [0.2, 0.25) is 0 Å². The van der Waals surface area contributed by atoms with Crippen LogP contribution >= 0.6 is 11.3 Å². The molecule has 0 unspecified atom stereocenters. The molecule has 0 fully saturated rings. The minimum Gasteiger partial charge on any atom is -0.310 e. The maximum atomic E-state index is 4.75. The van der Waals surface area contributed by atoms with Crippen molar-refractivity contribution in [3.8, 4) is 0 Å². The van der Waals surface area contributed by atoms with E-state index >= 15 is 0 Å². The Labute approximate surface area is 108 Å². The monoisotopic (exact) mass is 253 g/mol. The zero-order valence-corrected chi connectivity index (χ0v) is 11.9. The second-order valence-corrected chi connectivity index (χ2v) is 6.14. The molecule has 0 radical (unpaired) electrons. The van der Waals surface area contributed by atoms with Crippen LogP contribution in [0.3, 0.4) is 0 Å². The van der Waals surface area contributed by atoms with Crippen LogP contribution in [-0.4, -0.2) is 29.0 Å². The molecule has 1 aliphatic rings. The number of nitrogens with zero attached hydrogens (tertiary/aromatic N) is 2. The molecule has 0 aromatic carbocycles. The Morgan fingerprint density at radius 2 is 2.29 bits per heavy atom. The summed E-state index contributed by atoms with van der Waals surface area (Å²) in [7, 11) is 0. The van der Waals surface area contributed by atoms with Gasteiger partial charge in [0.05, 0.1) is 5.69 Å². The number of thiazole rings is 1. The summed E-state index contributed by atoms with van der Waals surface area (Å²) in [6, 6.07) is 0.645. The third-order valence-electron chi connectivity index (χ3n) is 3.24. The summed E-state index contributed by atoms with van der Waals surface area (Å²) in [5.41, 5.74) is 1.35. The van der Waals surface area contributed by atoms with E-state index in [1.54, 1.807) is 0 Å². The highest BCUT2D eigenvalue weighted by molar-refractivity contribution is 7.11. The van der Waals surface area contributed by atoms with Crippen LogP contribution in [0.2, 0.25) is 0 Å². The van der Waals surface area contributed by atoms with Crippen molar-refractivity contribution in [2.24, 2.45) is 0 Å². The highest BCUT2D eigenvalue weighted by Gasteiger charge is 2.21. The number of aromatic nitrogens is 1. The first-order valence-electron chi connectivity index (χ1n) is 6.63. The maximum absolute atomic E-state index is 4.75. The number of hydrogen-bond donors (Lipinski definition) is 1. The van der Waals surface area contributed by atoms with Crippen LogP contribution < -0.4 is 5.32 Å². The summed E-state index contributed by atoms with van der Waals surface area (Å²) in [6.07, 6.45) is 2.31. The average molecular weight is 253 g/mol. The van der Waals surface area contributed by atoms with Gasteiger partial charge in [0.15, 0.2) is 0 Å². The molecule has 0 saturated heterocycles. The highest BCUT2D eigenvalue weighted by Crippen LogP contribution is 2.26. The smallest absolute Gasteiger partial charge is 0.107 e.